The number of hydrogen-bond donors (Lipinski definition) is 4. The maximum absolute atomic E-state index is 11.3. The zero-order valence-corrected chi connectivity index (χ0v) is 8.06. The quantitative estimate of drug-likeness (QED) is 0.444. The number of carbonyl (C=O) groups excluding carboxylic acids is 2. The Morgan fingerprint density at radius 1 is 1.60 bits per heavy atom. The molecule has 0 aliphatic carbocycles. The van der Waals surface area contributed by atoms with Crippen molar-refractivity contribution in [2.45, 2.75) is 12.5 Å². The number of nitrogens with zero attached hydrogens (tertiary/aromatic N) is 1. The Morgan fingerprint density at radius 3 is 2.87 bits per heavy atom. The van der Waals surface area contributed by atoms with Crippen LogP contribution in [-0.4, -0.2) is 34.4 Å². The van der Waals surface area contributed by atoms with Crippen LogP contribution in [0.25, 0.3) is 0 Å². The molecule has 0 saturated heterocycles. The number of imidazole rings is 1. The van der Waals surface area contributed by atoms with Crippen molar-refractivity contribution in [3.05, 3.63) is 18.2 Å². The Kier molecular flexibility index (Phi) is 3.81. The van der Waals surface area contributed by atoms with Crippen LogP contribution in [-0.2, 0) is 16.0 Å². The molecule has 1 rings (SSSR count). The number of aromatic nitrogens is 2. The van der Waals surface area contributed by atoms with Crippen LogP contribution in [0.5, 0.6) is 0 Å². The fourth-order valence-corrected chi connectivity index (χ4v) is 1.03. The third kappa shape index (κ3) is 3.77. The van der Waals surface area contributed by atoms with Crippen molar-refractivity contribution in [1.82, 2.24) is 15.3 Å². The highest BCUT2D eigenvalue weighted by atomic mass is 16.2. The monoisotopic (exact) mass is 211 g/mol. The Hall–Kier alpha value is -1.89. The number of rotatable bonds is 5. The molecule has 0 bridgehead atoms. The van der Waals surface area contributed by atoms with Crippen LogP contribution in [0.1, 0.15) is 5.69 Å². The van der Waals surface area contributed by atoms with E-state index in [0.29, 0.717) is 6.42 Å². The molecule has 1 atom stereocenters. The average Bonchev–Trinajstić information content (AvgIpc) is 2.66. The van der Waals surface area contributed by atoms with Gasteiger partial charge >= 0.3 is 0 Å². The van der Waals surface area contributed by atoms with Crippen LogP contribution in [0.4, 0.5) is 0 Å². The fourth-order valence-electron chi connectivity index (χ4n) is 1.03. The lowest BCUT2D eigenvalue weighted by Crippen LogP contribution is -2.44. The van der Waals surface area contributed by atoms with Crippen molar-refractivity contribution in [3.63, 3.8) is 0 Å². The third-order valence-corrected chi connectivity index (χ3v) is 1.77. The summed E-state index contributed by atoms with van der Waals surface area (Å²) >= 11 is 0. The molecule has 2 amide bonds. The molecule has 6 N–H and O–H groups in total. The predicted octanol–water partition coefficient (Wildman–Crippen LogP) is -2.12. The maximum atomic E-state index is 11.3. The minimum absolute atomic E-state index is 0.199. The Morgan fingerprint density at radius 2 is 2.33 bits per heavy atom. The second kappa shape index (κ2) is 5.11. The molecule has 0 unspecified atom stereocenters. The van der Waals surface area contributed by atoms with E-state index in [-0.39, 0.29) is 6.54 Å². The Balaban J connectivity index is 2.36. The largest absolute Gasteiger partial charge is 0.368 e. The second-order valence-electron chi connectivity index (χ2n) is 3.07. The van der Waals surface area contributed by atoms with E-state index in [9.17, 15) is 9.59 Å². The van der Waals surface area contributed by atoms with E-state index >= 15 is 0 Å². The molecule has 0 spiro atoms. The molecule has 7 nitrogen and oxygen atoms in total. The van der Waals surface area contributed by atoms with Crippen LogP contribution in [0.3, 0.4) is 0 Å². The molecule has 0 saturated carbocycles. The van der Waals surface area contributed by atoms with Gasteiger partial charge in [-0.15, -0.1) is 0 Å². The summed E-state index contributed by atoms with van der Waals surface area (Å²) < 4.78 is 0. The number of H-pyrrole nitrogens is 1. The Bertz CT molecular complexity index is 335. The number of amides is 2. The number of nitrogens with one attached hydrogen (secondary N) is 2. The summed E-state index contributed by atoms with van der Waals surface area (Å²) in [5.74, 6) is -1.01. The number of nitrogens with two attached hydrogens (primary N) is 2. The summed E-state index contributed by atoms with van der Waals surface area (Å²) in [5.41, 5.74) is 11.2. The standard InChI is InChI=1S/C8H13N5O2/c9-6(1-5-2-11-4-13-5)8(15)12-3-7(10)14/h2,4,6H,1,3,9H2,(H2,10,14)(H,11,13)(H,12,15)/t6-/m1/s1. The van der Waals surface area contributed by atoms with Gasteiger partial charge in [-0.1, -0.05) is 0 Å². The van der Waals surface area contributed by atoms with Crippen LogP contribution in [0.15, 0.2) is 12.5 Å². The molecule has 1 aromatic rings. The van der Waals surface area contributed by atoms with Gasteiger partial charge in [0.2, 0.25) is 11.8 Å². The van der Waals surface area contributed by atoms with Gasteiger partial charge in [0, 0.05) is 18.3 Å². The lowest BCUT2D eigenvalue weighted by atomic mass is 10.1. The zero-order chi connectivity index (χ0) is 11.3. The van der Waals surface area contributed by atoms with Gasteiger partial charge < -0.3 is 21.8 Å². The second-order valence-corrected chi connectivity index (χ2v) is 3.07. The highest BCUT2D eigenvalue weighted by molar-refractivity contribution is 5.86. The minimum atomic E-state index is -0.718. The van der Waals surface area contributed by atoms with Crippen molar-refractivity contribution >= 4 is 11.8 Å². The van der Waals surface area contributed by atoms with Crippen LogP contribution < -0.4 is 16.8 Å². The molecular weight excluding hydrogens is 198 g/mol. The zero-order valence-electron chi connectivity index (χ0n) is 8.06. The first kappa shape index (κ1) is 11.2. The lowest BCUT2D eigenvalue weighted by molar-refractivity contribution is -0.125. The van der Waals surface area contributed by atoms with Gasteiger partial charge in [0.1, 0.15) is 0 Å². The topological polar surface area (TPSA) is 127 Å². The van der Waals surface area contributed by atoms with Crippen molar-refractivity contribution in [1.29, 1.82) is 0 Å². The van der Waals surface area contributed by atoms with Gasteiger partial charge in [-0.25, -0.2) is 4.98 Å². The lowest BCUT2D eigenvalue weighted by Gasteiger charge is -2.09. The van der Waals surface area contributed by atoms with Crippen molar-refractivity contribution in [2.24, 2.45) is 11.5 Å². The van der Waals surface area contributed by atoms with Gasteiger partial charge in [-0.05, 0) is 0 Å². The highest BCUT2D eigenvalue weighted by Crippen LogP contribution is 1.95. The fraction of sp³-hybridized carbons (Fsp3) is 0.375. The first-order valence-corrected chi connectivity index (χ1v) is 4.38. The van der Waals surface area contributed by atoms with Crippen LogP contribution in [0, 0.1) is 0 Å². The molecule has 0 radical (unpaired) electrons. The summed E-state index contributed by atoms with van der Waals surface area (Å²) in [6.07, 6.45) is 3.43. The molecule has 1 heterocycles. The first-order chi connectivity index (χ1) is 7.09. The molecule has 0 aliphatic heterocycles. The SMILES string of the molecule is NC(=O)CNC(=O)[C@H](N)Cc1cnc[nH]1. The molecule has 82 valence electrons. The van der Waals surface area contributed by atoms with E-state index in [1.807, 2.05) is 0 Å². The van der Waals surface area contributed by atoms with Crippen LogP contribution >= 0.6 is 0 Å². The van der Waals surface area contributed by atoms with E-state index in [2.05, 4.69) is 15.3 Å². The third-order valence-electron chi connectivity index (χ3n) is 1.77. The van der Waals surface area contributed by atoms with Crippen molar-refractivity contribution in [3.8, 4) is 0 Å². The van der Waals surface area contributed by atoms with E-state index in [1.54, 1.807) is 6.20 Å². The van der Waals surface area contributed by atoms with Gasteiger partial charge in [0.15, 0.2) is 0 Å². The Labute approximate surface area is 86.2 Å². The van der Waals surface area contributed by atoms with Gasteiger partial charge in [0.25, 0.3) is 0 Å². The van der Waals surface area contributed by atoms with E-state index < -0.39 is 17.9 Å². The molecular formula is C8H13N5O2. The molecule has 15 heavy (non-hydrogen) atoms. The number of primary amides is 1. The molecule has 7 heteroatoms. The summed E-state index contributed by atoms with van der Waals surface area (Å²) in [6, 6.07) is -0.718. The predicted molar refractivity (Wildman–Crippen MR) is 52.5 cm³/mol. The molecule has 1 aromatic heterocycles. The summed E-state index contributed by atoms with van der Waals surface area (Å²) in [7, 11) is 0. The smallest absolute Gasteiger partial charge is 0.237 e. The summed E-state index contributed by atoms with van der Waals surface area (Å²) in [6.45, 7) is -0.199. The van der Waals surface area contributed by atoms with Gasteiger partial charge in [-0.3, -0.25) is 9.59 Å². The molecule has 0 aromatic carbocycles. The highest BCUT2D eigenvalue weighted by Gasteiger charge is 2.14. The summed E-state index contributed by atoms with van der Waals surface area (Å²) in [5, 5.41) is 2.32. The molecule has 0 fully saturated rings. The van der Waals surface area contributed by atoms with E-state index in [0.717, 1.165) is 5.69 Å². The minimum Gasteiger partial charge on any atom is -0.368 e. The first-order valence-electron chi connectivity index (χ1n) is 4.38. The maximum Gasteiger partial charge on any atom is 0.237 e. The average molecular weight is 211 g/mol. The molecule has 0 aliphatic rings. The van der Waals surface area contributed by atoms with Gasteiger partial charge in [-0.2, -0.15) is 0 Å². The number of carbonyl (C=O) groups is 2. The normalized spacial score (nSPS) is 12.1. The summed E-state index contributed by atoms with van der Waals surface area (Å²) in [4.78, 5) is 28.3. The van der Waals surface area contributed by atoms with Crippen molar-refractivity contribution < 1.29 is 9.59 Å². The number of hydrogen-bond acceptors (Lipinski definition) is 4. The van der Waals surface area contributed by atoms with Crippen LogP contribution in [0.2, 0.25) is 0 Å². The van der Waals surface area contributed by atoms with E-state index in [1.165, 1.54) is 6.33 Å². The number of aromatic amines is 1. The van der Waals surface area contributed by atoms with Gasteiger partial charge in [0.05, 0.1) is 18.9 Å². The van der Waals surface area contributed by atoms with Crippen molar-refractivity contribution in [2.75, 3.05) is 6.54 Å². The van der Waals surface area contributed by atoms with E-state index in [4.69, 9.17) is 11.5 Å².